The third-order valence-corrected chi connectivity index (χ3v) is 5.86. The monoisotopic (exact) mass is 451 g/mol. The fraction of sp³-hybridized carbons (Fsp3) is 0.348. The number of morpholine rings is 1. The third kappa shape index (κ3) is 3.98. The number of anilines is 1. The van der Waals surface area contributed by atoms with Gasteiger partial charge in [0.15, 0.2) is 11.2 Å². The lowest BCUT2D eigenvalue weighted by Crippen LogP contribution is -2.39. The summed E-state index contributed by atoms with van der Waals surface area (Å²) >= 11 is 0. The van der Waals surface area contributed by atoms with Gasteiger partial charge in [-0.05, 0) is 11.5 Å². The Hall–Kier alpha value is -3.63. The number of nitrogens with one attached hydrogen (secondary N) is 1. The van der Waals surface area contributed by atoms with Gasteiger partial charge < -0.3 is 24.0 Å². The highest BCUT2D eigenvalue weighted by molar-refractivity contribution is 5.88. The second kappa shape index (κ2) is 8.72. The van der Waals surface area contributed by atoms with Gasteiger partial charge in [0, 0.05) is 25.5 Å². The number of aromatic nitrogens is 4. The molecule has 5 rings (SSSR count). The molecule has 0 amide bonds. The highest BCUT2D eigenvalue weighted by Gasteiger charge is 2.24. The molecule has 3 heterocycles. The summed E-state index contributed by atoms with van der Waals surface area (Å²) in [5, 5.41) is 12.9. The van der Waals surface area contributed by atoms with E-state index in [1.807, 2.05) is 47.4 Å². The zero-order chi connectivity index (χ0) is 22.9. The van der Waals surface area contributed by atoms with Crippen LogP contribution in [0.15, 0.2) is 52.1 Å². The van der Waals surface area contributed by atoms with E-state index in [2.05, 4.69) is 9.97 Å². The molecule has 0 radical (unpaired) electrons. The number of imidazole rings is 1. The molecule has 0 spiro atoms. The zero-order valence-electron chi connectivity index (χ0n) is 18.2. The number of ether oxygens (including phenoxy) is 2. The lowest BCUT2D eigenvalue weighted by Gasteiger charge is -2.28. The van der Waals surface area contributed by atoms with E-state index in [0.717, 1.165) is 10.8 Å². The molecule has 0 saturated carbocycles. The summed E-state index contributed by atoms with van der Waals surface area (Å²) in [7, 11) is 1.56. The van der Waals surface area contributed by atoms with E-state index in [1.165, 1.54) is 4.57 Å². The number of rotatable bonds is 6. The predicted octanol–water partition coefficient (Wildman–Crippen LogP) is 0.853. The molecule has 10 nitrogen and oxygen atoms in total. The van der Waals surface area contributed by atoms with Crippen LogP contribution in [0.1, 0.15) is 0 Å². The largest absolute Gasteiger partial charge is 0.490 e. The first-order valence-corrected chi connectivity index (χ1v) is 10.8. The van der Waals surface area contributed by atoms with Crippen molar-refractivity contribution in [1.29, 1.82) is 0 Å². The molecule has 2 aromatic heterocycles. The minimum atomic E-state index is -0.919. The molecule has 1 aliphatic heterocycles. The molecule has 1 atom stereocenters. The number of hydrogen-bond acceptors (Lipinski definition) is 7. The molecule has 1 aliphatic rings. The molecule has 4 aromatic rings. The van der Waals surface area contributed by atoms with Crippen LogP contribution in [0.3, 0.4) is 0 Å². The van der Waals surface area contributed by atoms with Crippen molar-refractivity contribution in [1.82, 2.24) is 19.1 Å². The van der Waals surface area contributed by atoms with Gasteiger partial charge in [-0.2, -0.15) is 4.98 Å². The van der Waals surface area contributed by atoms with Crippen molar-refractivity contribution in [2.75, 3.05) is 37.8 Å². The summed E-state index contributed by atoms with van der Waals surface area (Å²) < 4.78 is 14.3. The average molecular weight is 451 g/mol. The molecule has 1 fully saturated rings. The van der Waals surface area contributed by atoms with Crippen LogP contribution in [0.25, 0.3) is 21.9 Å². The fourth-order valence-corrected chi connectivity index (χ4v) is 4.17. The number of aryl methyl sites for hydroxylation is 1. The van der Waals surface area contributed by atoms with Gasteiger partial charge in [-0.1, -0.05) is 36.4 Å². The number of aromatic amines is 1. The number of hydrogen-bond donors (Lipinski definition) is 2. The van der Waals surface area contributed by atoms with E-state index < -0.39 is 17.4 Å². The summed E-state index contributed by atoms with van der Waals surface area (Å²) in [6, 6.07) is 13.6. The van der Waals surface area contributed by atoms with Crippen LogP contribution in [0, 0.1) is 0 Å². The Morgan fingerprint density at radius 1 is 1.15 bits per heavy atom. The molecule has 1 saturated heterocycles. The van der Waals surface area contributed by atoms with E-state index in [9.17, 15) is 14.7 Å². The molecule has 2 N–H and O–H groups in total. The molecule has 33 heavy (non-hydrogen) atoms. The van der Waals surface area contributed by atoms with Gasteiger partial charge in [0.2, 0.25) is 5.95 Å². The summed E-state index contributed by atoms with van der Waals surface area (Å²) in [4.78, 5) is 33.7. The van der Waals surface area contributed by atoms with E-state index in [0.29, 0.717) is 38.0 Å². The van der Waals surface area contributed by atoms with Crippen LogP contribution in [-0.4, -0.2) is 63.2 Å². The number of benzene rings is 2. The Morgan fingerprint density at radius 3 is 2.73 bits per heavy atom. The Labute approximate surface area is 188 Å². The van der Waals surface area contributed by atoms with Crippen LogP contribution in [-0.2, 0) is 18.3 Å². The van der Waals surface area contributed by atoms with Crippen molar-refractivity contribution in [3.8, 4) is 5.75 Å². The highest BCUT2D eigenvalue weighted by Crippen LogP contribution is 2.26. The molecular formula is C23H25N5O5. The highest BCUT2D eigenvalue weighted by atomic mass is 16.5. The number of H-pyrrole nitrogens is 1. The van der Waals surface area contributed by atoms with Crippen LogP contribution >= 0.6 is 0 Å². The molecule has 10 heteroatoms. The van der Waals surface area contributed by atoms with E-state index in [-0.39, 0.29) is 24.3 Å². The van der Waals surface area contributed by atoms with E-state index in [1.54, 1.807) is 11.6 Å². The maximum atomic E-state index is 12.7. The first-order chi connectivity index (χ1) is 16.0. The smallest absolute Gasteiger partial charge is 0.329 e. The van der Waals surface area contributed by atoms with Crippen molar-refractivity contribution in [3.05, 3.63) is 63.3 Å². The number of fused-ring (bicyclic) bond motifs is 2. The van der Waals surface area contributed by atoms with Gasteiger partial charge in [-0.15, -0.1) is 0 Å². The van der Waals surface area contributed by atoms with Crippen molar-refractivity contribution in [2.24, 2.45) is 7.05 Å². The predicted molar refractivity (Wildman–Crippen MR) is 124 cm³/mol. The maximum absolute atomic E-state index is 12.7. The van der Waals surface area contributed by atoms with Crippen LogP contribution in [0.4, 0.5) is 5.95 Å². The van der Waals surface area contributed by atoms with Crippen LogP contribution in [0.5, 0.6) is 5.75 Å². The molecule has 2 aromatic carbocycles. The SMILES string of the molecule is Cn1c(=O)[nH]c(=O)c2c1nc(N1CCOCC1)n2C[C@@H](O)COc1cccc2ccccc12. The Morgan fingerprint density at radius 2 is 1.91 bits per heavy atom. The number of nitrogens with zero attached hydrogens (tertiary/aromatic N) is 4. The van der Waals surface area contributed by atoms with Gasteiger partial charge in [0.05, 0.1) is 19.8 Å². The Bertz CT molecular complexity index is 1410. The van der Waals surface area contributed by atoms with Crippen molar-refractivity contribution >= 4 is 27.9 Å². The summed E-state index contributed by atoms with van der Waals surface area (Å²) in [6.45, 7) is 2.36. The summed E-state index contributed by atoms with van der Waals surface area (Å²) in [5.41, 5.74) is -0.567. The average Bonchev–Trinajstić information content (AvgIpc) is 3.21. The molecule has 0 unspecified atom stereocenters. The van der Waals surface area contributed by atoms with Crippen molar-refractivity contribution in [2.45, 2.75) is 12.6 Å². The topological polar surface area (TPSA) is 115 Å². The van der Waals surface area contributed by atoms with Crippen LogP contribution < -0.4 is 20.9 Å². The van der Waals surface area contributed by atoms with Crippen molar-refractivity contribution < 1.29 is 14.6 Å². The first-order valence-electron chi connectivity index (χ1n) is 10.8. The minimum Gasteiger partial charge on any atom is -0.490 e. The normalized spacial score (nSPS) is 15.3. The van der Waals surface area contributed by atoms with Crippen molar-refractivity contribution in [3.63, 3.8) is 0 Å². The number of aliphatic hydroxyl groups is 1. The standard InChI is InChI=1S/C23H25N5O5/c1-26-20-19(21(30)25-23(26)31)28(22(24-20)27-9-11-32-12-10-27)13-16(29)14-33-18-8-4-6-15-5-2-3-7-17(15)18/h2-8,16,29H,9-14H2,1H3,(H,25,30,31)/t16-/m1/s1. The lowest BCUT2D eigenvalue weighted by atomic mass is 10.1. The van der Waals surface area contributed by atoms with E-state index >= 15 is 0 Å². The molecule has 0 aliphatic carbocycles. The van der Waals surface area contributed by atoms with E-state index in [4.69, 9.17) is 9.47 Å². The fourth-order valence-electron chi connectivity index (χ4n) is 4.17. The Balaban J connectivity index is 1.46. The minimum absolute atomic E-state index is 0.0277. The lowest BCUT2D eigenvalue weighted by molar-refractivity contribution is 0.0934. The molecular weight excluding hydrogens is 426 g/mol. The van der Waals surface area contributed by atoms with Gasteiger partial charge in [-0.3, -0.25) is 14.3 Å². The van der Waals surface area contributed by atoms with Gasteiger partial charge in [0.25, 0.3) is 5.56 Å². The Kier molecular flexibility index (Phi) is 5.61. The van der Waals surface area contributed by atoms with Gasteiger partial charge in [0.1, 0.15) is 18.5 Å². The number of aliphatic hydroxyl groups excluding tert-OH is 1. The summed E-state index contributed by atoms with van der Waals surface area (Å²) in [6.07, 6.45) is -0.919. The quantitative estimate of drug-likeness (QED) is 0.447. The maximum Gasteiger partial charge on any atom is 0.329 e. The first kappa shape index (κ1) is 21.2. The summed E-state index contributed by atoms with van der Waals surface area (Å²) in [5.74, 6) is 1.19. The zero-order valence-corrected chi connectivity index (χ0v) is 18.2. The third-order valence-electron chi connectivity index (χ3n) is 5.86. The second-order valence-electron chi connectivity index (χ2n) is 8.05. The van der Waals surface area contributed by atoms with Gasteiger partial charge in [-0.25, -0.2) is 4.79 Å². The van der Waals surface area contributed by atoms with Gasteiger partial charge >= 0.3 is 5.69 Å². The molecule has 172 valence electrons. The molecule has 0 bridgehead atoms. The second-order valence-corrected chi connectivity index (χ2v) is 8.05. The van der Waals surface area contributed by atoms with Crippen LogP contribution in [0.2, 0.25) is 0 Å².